The number of carbonyl (C=O) groups is 1. The van der Waals surface area contributed by atoms with Gasteiger partial charge in [0.2, 0.25) is 5.91 Å². The van der Waals surface area contributed by atoms with Gasteiger partial charge >= 0.3 is 5.69 Å². The Morgan fingerprint density at radius 2 is 2.00 bits per heavy atom. The minimum atomic E-state index is -0.291. The highest BCUT2D eigenvalue weighted by atomic mass is 32.1. The molecule has 0 atom stereocenters. The molecule has 4 N–H and O–H groups in total. The minimum absolute atomic E-state index is 0.0142. The Bertz CT molecular complexity index is 1260. The number of hydrogen-bond donors (Lipinski definition) is 4. The molecule has 0 saturated carbocycles. The summed E-state index contributed by atoms with van der Waals surface area (Å²) < 4.78 is 2.02. The van der Waals surface area contributed by atoms with Crippen LogP contribution in [0.3, 0.4) is 0 Å². The average Bonchev–Trinajstić information content (AvgIpc) is 3.16. The predicted molar refractivity (Wildman–Crippen MR) is 105 cm³/mol. The van der Waals surface area contributed by atoms with Gasteiger partial charge in [0.25, 0.3) is 0 Å². The van der Waals surface area contributed by atoms with E-state index in [0.717, 1.165) is 11.1 Å². The summed E-state index contributed by atoms with van der Waals surface area (Å²) in [7, 11) is 0. The Morgan fingerprint density at radius 3 is 2.81 bits per heavy atom. The summed E-state index contributed by atoms with van der Waals surface area (Å²) in [6.45, 7) is 2.00. The minimum Gasteiger partial charge on any atom is -0.324 e. The van der Waals surface area contributed by atoms with E-state index in [1.54, 1.807) is 22.8 Å². The molecule has 2 heterocycles. The number of H-pyrrole nitrogens is 3. The number of aromatic amines is 3. The van der Waals surface area contributed by atoms with E-state index in [0.29, 0.717) is 27.3 Å². The lowest BCUT2D eigenvalue weighted by Gasteiger charge is -2.09. The zero-order chi connectivity index (χ0) is 19.0. The second-order valence-corrected chi connectivity index (χ2v) is 6.58. The lowest BCUT2D eigenvalue weighted by molar-refractivity contribution is -0.116. The first kappa shape index (κ1) is 17.0. The zero-order valence-electron chi connectivity index (χ0n) is 14.4. The monoisotopic (exact) mass is 380 g/mol. The number of rotatable bonds is 4. The molecule has 2 aromatic carbocycles. The number of anilines is 1. The summed E-state index contributed by atoms with van der Waals surface area (Å²) in [5.41, 5.74) is 3.55. The van der Waals surface area contributed by atoms with Crippen LogP contribution < -0.4 is 11.0 Å². The second-order valence-electron chi connectivity index (χ2n) is 6.20. The van der Waals surface area contributed by atoms with Gasteiger partial charge in [-0.3, -0.25) is 14.5 Å². The third kappa shape index (κ3) is 3.44. The normalized spacial score (nSPS) is 11.0. The lowest BCUT2D eigenvalue weighted by Crippen LogP contribution is -2.19. The van der Waals surface area contributed by atoms with Crippen molar-refractivity contribution in [2.75, 3.05) is 5.32 Å². The van der Waals surface area contributed by atoms with Gasteiger partial charge in [0.1, 0.15) is 6.54 Å². The van der Waals surface area contributed by atoms with Gasteiger partial charge in [-0.2, -0.15) is 5.10 Å². The Balaban J connectivity index is 1.58. The highest BCUT2D eigenvalue weighted by Gasteiger charge is 2.13. The van der Waals surface area contributed by atoms with E-state index in [-0.39, 0.29) is 18.1 Å². The van der Waals surface area contributed by atoms with Crippen molar-refractivity contribution >= 4 is 34.8 Å². The molecule has 8 nitrogen and oxygen atoms in total. The van der Waals surface area contributed by atoms with E-state index in [9.17, 15) is 9.59 Å². The smallest absolute Gasteiger partial charge is 0.323 e. The van der Waals surface area contributed by atoms with E-state index in [4.69, 9.17) is 12.2 Å². The number of fused-ring (bicyclic) bond motifs is 1. The van der Waals surface area contributed by atoms with Gasteiger partial charge in [-0.15, -0.1) is 0 Å². The van der Waals surface area contributed by atoms with Crippen molar-refractivity contribution in [2.45, 2.75) is 13.5 Å². The van der Waals surface area contributed by atoms with E-state index in [1.165, 1.54) is 0 Å². The molecular formula is C18H16N6O2S. The van der Waals surface area contributed by atoms with Crippen molar-refractivity contribution in [1.29, 1.82) is 0 Å². The number of aryl methyl sites for hydroxylation is 1. The highest BCUT2D eigenvalue weighted by Crippen LogP contribution is 2.19. The van der Waals surface area contributed by atoms with Gasteiger partial charge in [0.05, 0.1) is 11.0 Å². The molecule has 0 saturated heterocycles. The number of hydrogen-bond acceptors (Lipinski definition) is 4. The number of aromatic nitrogens is 5. The van der Waals surface area contributed by atoms with Crippen LogP contribution in [-0.2, 0) is 11.3 Å². The first-order chi connectivity index (χ1) is 13.0. The highest BCUT2D eigenvalue weighted by molar-refractivity contribution is 7.71. The standard InChI is InChI=1S/C18H16N6O2S/c1-10-3-2-4-11(7-10)16-22-23-18(27)24(16)9-15(25)19-12-5-6-13-14(8-12)21-17(26)20-13/h2-8H,9H2,1H3,(H,19,25)(H,23,27)(H2,20,21,26). The van der Waals surface area contributed by atoms with E-state index >= 15 is 0 Å². The first-order valence-corrected chi connectivity index (χ1v) is 8.64. The molecule has 0 bridgehead atoms. The third-order valence-corrected chi connectivity index (χ3v) is 4.45. The van der Waals surface area contributed by atoms with E-state index in [1.807, 2.05) is 31.2 Å². The number of amides is 1. The van der Waals surface area contributed by atoms with Crippen LogP contribution in [0.4, 0.5) is 5.69 Å². The first-order valence-electron chi connectivity index (χ1n) is 8.24. The Labute approximate surface area is 158 Å². The molecule has 0 spiro atoms. The van der Waals surface area contributed by atoms with Gasteiger partial charge < -0.3 is 15.3 Å². The van der Waals surface area contributed by atoms with Crippen LogP contribution in [0.5, 0.6) is 0 Å². The molecule has 0 radical (unpaired) electrons. The molecule has 4 rings (SSSR count). The van der Waals surface area contributed by atoms with Crippen molar-refractivity contribution in [3.8, 4) is 11.4 Å². The summed E-state index contributed by atoms with van der Waals surface area (Å²) in [5.74, 6) is 0.350. The van der Waals surface area contributed by atoms with Gasteiger partial charge in [0.15, 0.2) is 10.6 Å². The molecule has 2 aromatic heterocycles. The van der Waals surface area contributed by atoms with Crippen molar-refractivity contribution in [1.82, 2.24) is 24.7 Å². The molecule has 136 valence electrons. The van der Waals surface area contributed by atoms with Crippen molar-refractivity contribution in [3.05, 3.63) is 63.3 Å². The quantitative estimate of drug-likeness (QED) is 0.408. The van der Waals surface area contributed by atoms with Crippen molar-refractivity contribution in [3.63, 3.8) is 0 Å². The number of nitrogens with zero attached hydrogens (tertiary/aromatic N) is 2. The lowest BCUT2D eigenvalue weighted by atomic mass is 10.1. The molecule has 0 aliphatic rings. The molecule has 9 heteroatoms. The largest absolute Gasteiger partial charge is 0.324 e. The molecular weight excluding hydrogens is 364 g/mol. The fraction of sp³-hybridized carbons (Fsp3) is 0.111. The van der Waals surface area contributed by atoms with Crippen LogP contribution in [0.15, 0.2) is 47.3 Å². The van der Waals surface area contributed by atoms with E-state index < -0.39 is 0 Å². The maximum atomic E-state index is 12.5. The maximum absolute atomic E-state index is 12.5. The number of nitrogens with one attached hydrogen (secondary N) is 4. The van der Waals surface area contributed by atoms with Gasteiger partial charge in [-0.25, -0.2) is 4.79 Å². The summed E-state index contributed by atoms with van der Waals surface area (Å²) in [4.78, 5) is 29.2. The van der Waals surface area contributed by atoms with E-state index in [2.05, 4.69) is 25.5 Å². The van der Waals surface area contributed by atoms with Gasteiger partial charge in [-0.1, -0.05) is 23.8 Å². The fourth-order valence-corrected chi connectivity index (χ4v) is 3.12. The predicted octanol–water partition coefficient (Wildman–Crippen LogP) is 2.72. The van der Waals surface area contributed by atoms with Crippen molar-refractivity contribution < 1.29 is 4.79 Å². The maximum Gasteiger partial charge on any atom is 0.323 e. The summed E-state index contributed by atoms with van der Waals surface area (Å²) in [6, 6.07) is 13.0. The molecule has 0 fully saturated rings. The summed E-state index contributed by atoms with van der Waals surface area (Å²) in [5, 5.41) is 9.81. The SMILES string of the molecule is Cc1cccc(-c2n[nH]c(=S)n2CC(=O)Nc2ccc3[nH]c(=O)[nH]c3c2)c1. The van der Waals surface area contributed by atoms with Crippen LogP contribution in [-0.4, -0.2) is 30.6 Å². The Morgan fingerprint density at radius 1 is 1.19 bits per heavy atom. The number of carbonyl (C=O) groups excluding carboxylic acids is 1. The summed E-state index contributed by atoms with van der Waals surface area (Å²) in [6.07, 6.45) is 0. The molecule has 0 unspecified atom stereocenters. The summed E-state index contributed by atoms with van der Waals surface area (Å²) >= 11 is 5.28. The molecule has 0 aliphatic carbocycles. The van der Waals surface area contributed by atoms with Crippen LogP contribution >= 0.6 is 12.2 Å². The van der Waals surface area contributed by atoms with Gasteiger partial charge in [-0.05, 0) is 43.4 Å². The third-order valence-electron chi connectivity index (χ3n) is 4.14. The number of imidazole rings is 1. The molecule has 4 aromatic rings. The average molecular weight is 380 g/mol. The Hall–Kier alpha value is -3.46. The molecule has 0 aliphatic heterocycles. The number of benzene rings is 2. The molecule has 27 heavy (non-hydrogen) atoms. The topological polar surface area (TPSA) is 111 Å². The zero-order valence-corrected chi connectivity index (χ0v) is 15.2. The van der Waals surface area contributed by atoms with Crippen LogP contribution in [0.25, 0.3) is 22.4 Å². The van der Waals surface area contributed by atoms with Crippen molar-refractivity contribution in [2.24, 2.45) is 0 Å². The van der Waals surface area contributed by atoms with Crippen LogP contribution in [0.1, 0.15) is 5.56 Å². The van der Waals surface area contributed by atoms with Crippen LogP contribution in [0.2, 0.25) is 0 Å². The second kappa shape index (κ2) is 6.69. The Kier molecular flexibility index (Phi) is 4.21. The fourth-order valence-electron chi connectivity index (χ4n) is 2.92. The molecule has 1 amide bonds. The van der Waals surface area contributed by atoms with Gasteiger partial charge in [0, 0.05) is 11.3 Å². The van der Waals surface area contributed by atoms with Crippen LogP contribution in [0, 0.1) is 11.7 Å².